The Balaban J connectivity index is 1.99. The summed E-state index contributed by atoms with van der Waals surface area (Å²) in [6.45, 7) is 0. The van der Waals surface area contributed by atoms with Crippen LogP contribution in [0.15, 0.2) is 0 Å². The number of halogens is 1. The molecule has 2 heterocycles. The van der Waals surface area contributed by atoms with Crippen LogP contribution in [0.25, 0.3) is 0 Å². The second kappa shape index (κ2) is 1.80. The predicted octanol–water partition coefficient (Wildman–Crippen LogP) is 0.463. The third-order valence-corrected chi connectivity index (χ3v) is 3.84. The molecule has 0 aromatic rings. The topological polar surface area (TPSA) is 38.8 Å². The molecule has 1 saturated carbocycles. The number of esters is 1. The van der Waals surface area contributed by atoms with Gasteiger partial charge in [0.15, 0.2) is 0 Å². The van der Waals surface area contributed by atoms with Gasteiger partial charge in [-0.2, -0.15) is 0 Å². The van der Waals surface area contributed by atoms with Crippen molar-refractivity contribution >= 4 is 21.9 Å². The average Bonchev–Trinajstić information content (AvgIpc) is 2.61. The number of ether oxygens (including phenoxy) is 2. The number of fused-ring (bicyclic) bond motifs is 4. The van der Waals surface area contributed by atoms with Crippen LogP contribution in [-0.4, -0.2) is 29.1 Å². The van der Waals surface area contributed by atoms with Crippen LogP contribution in [0, 0.1) is 5.92 Å². The second-order valence-corrected chi connectivity index (χ2v) is 4.38. The number of carbonyl (C=O) groups is 1. The molecule has 2 bridgehead atoms. The molecule has 0 unspecified atom stereocenters. The van der Waals surface area contributed by atoms with Gasteiger partial charge in [-0.25, -0.2) is 0 Å². The molecule has 3 fully saturated rings. The normalized spacial score (nSPS) is 58.6. The Morgan fingerprint density at radius 2 is 2.27 bits per heavy atom. The Hall–Kier alpha value is -0.0900. The van der Waals surface area contributed by atoms with Gasteiger partial charge in [-0.05, 0) is 0 Å². The lowest BCUT2D eigenvalue weighted by Gasteiger charge is -2.16. The first kappa shape index (κ1) is 6.43. The highest BCUT2D eigenvalue weighted by atomic mass is 79.9. The van der Waals surface area contributed by atoms with Gasteiger partial charge < -0.3 is 9.47 Å². The smallest absolute Gasteiger partial charge is 0.313 e. The van der Waals surface area contributed by atoms with Crippen molar-refractivity contribution in [2.24, 2.45) is 5.92 Å². The highest BCUT2D eigenvalue weighted by Gasteiger charge is 2.63. The lowest BCUT2D eigenvalue weighted by Crippen LogP contribution is -2.31. The standard InChI is InChI=1S/C7H7BrO3/c8-5-2-1-3-6(10-3)4(5)7(9)11-2/h2-6H,1H2/t2-,3-,4-,5-,6-/m0/s1. The van der Waals surface area contributed by atoms with Gasteiger partial charge in [0.05, 0.1) is 17.0 Å². The fourth-order valence-corrected chi connectivity index (χ4v) is 2.88. The van der Waals surface area contributed by atoms with E-state index in [1.807, 2.05) is 0 Å². The van der Waals surface area contributed by atoms with E-state index < -0.39 is 0 Å². The average molecular weight is 219 g/mol. The molecule has 1 aliphatic carbocycles. The van der Waals surface area contributed by atoms with Gasteiger partial charge in [-0.3, -0.25) is 4.79 Å². The molecule has 3 rings (SSSR count). The van der Waals surface area contributed by atoms with E-state index in [2.05, 4.69) is 15.9 Å². The Morgan fingerprint density at radius 3 is 3.09 bits per heavy atom. The summed E-state index contributed by atoms with van der Waals surface area (Å²) in [5.41, 5.74) is 0. The third-order valence-electron chi connectivity index (χ3n) is 2.68. The van der Waals surface area contributed by atoms with Gasteiger partial charge in [0.1, 0.15) is 12.0 Å². The molecule has 0 spiro atoms. The molecular weight excluding hydrogens is 212 g/mol. The molecule has 0 radical (unpaired) electrons. The largest absolute Gasteiger partial charge is 0.461 e. The van der Waals surface area contributed by atoms with Crippen LogP contribution in [0.3, 0.4) is 0 Å². The maximum Gasteiger partial charge on any atom is 0.313 e. The zero-order valence-corrected chi connectivity index (χ0v) is 7.28. The van der Waals surface area contributed by atoms with E-state index in [1.54, 1.807) is 0 Å². The zero-order chi connectivity index (χ0) is 7.59. The number of hydrogen-bond donors (Lipinski definition) is 0. The van der Waals surface area contributed by atoms with Crippen LogP contribution < -0.4 is 0 Å². The summed E-state index contributed by atoms with van der Waals surface area (Å²) in [4.78, 5) is 11.4. The predicted molar refractivity (Wildman–Crippen MR) is 39.4 cm³/mol. The van der Waals surface area contributed by atoms with Crippen molar-refractivity contribution in [3.05, 3.63) is 0 Å². The minimum Gasteiger partial charge on any atom is -0.461 e. The Bertz CT molecular complexity index is 230. The van der Waals surface area contributed by atoms with E-state index >= 15 is 0 Å². The van der Waals surface area contributed by atoms with Crippen molar-refractivity contribution < 1.29 is 14.3 Å². The van der Waals surface area contributed by atoms with Crippen LogP contribution in [0.1, 0.15) is 6.42 Å². The van der Waals surface area contributed by atoms with E-state index in [9.17, 15) is 4.79 Å². The fraction of sp³-hybridized carbons (Fsp3) is 0.857. The van der Waals surface area contributed by atoms with Crippen molar-refractivity contribution in [3.8, 4) is 0 Å². The molecule has 0 amide bonds. The SMILES string of the molecule is O=C1O[C@H]2C[C@@H]3O[C@@H]3[C@@H]1[C@H]2Br. The summed E-state index contributed by atoms with van der Waals surface area (Å²) in [5, 5.41) is 0. The molecule has 0 aromatic carbocycles. The third kappa shape index (κ3) is 0.693. The molecule has 4 heteroatoms. The van der Waals surface area contributed by atoms with Crippen molar-refractivity contribution in [3.63, 3.8) is 0 Å². The maximum absolute atomic E-state index is 11.2. The minimum atomic E-state index is -0.0816. The number of alkyl halides is 1. The van der Waals surface area contributed by atoms with Crippen molar-refractivity contribution in [1.82, 2.24) is 0 Å². The van der Waals surface area contributed by atoms with Gasteiger partial charge in [0.2, 0.25) is 0 Å². The highest BCUT2D eigenvalue weighted by molar-refractivity contribution is 9.09. The zero-order valence-electron chi connectivity index (χ0n) is 5.70. The first-order valence-electron chi connectivity index (χ1n) is 3.77. The first-order valence-corrected chi connectivity index (χ1v) is 4.69. The van der Waals surface area contributed by atoms with E-state index in [0.29, 0.717) is 6.10 Å². The summed E-state index contributed by atoms with van der Waals surface area (Å²) in [6.07, 6.45) is 1.41. The quantitative estimate of drug-likeness (QED) is 0.337. The molecule has 3 aliphatic rings. The van der Waals surface area contributed by atoms with E-state index in [-0.39, 0.29) is 28.9 Å². The molecular formula is C7H7BrO3. The summed E-state index contributed by atoms with van der Waals surface area (Å²) >= 11 is 3.46. The van der Waals surface area contributed by atoms with Crippen molar-refractivity contribution in [2.75, 3.05) is 0 Å². The van der Waals surface area contributed by atoms with E-state index in [4.69, 9.17) is 9.47 Å². The van der Waals surface area contributed by atoms with Gasteiger partial charge in [-0.15, -0.1) is 0 Å². The minimum absolute atomic E-state index is 0.0289. The van der Waals surface area contributed by atoms with Crippen LogP contribution in [0.5, 0.6) is 0 Å². The molecule has 3 nitrogen and oxygen atoms in total. The Labute approximate surface area is 72.2 Å². The molecule has 2 aliphatic heterocycles. The number of rotatable bonds is 0. The summed E-state index contributed by atoms with van der Waals surface area (Å²) in [5.74, 6) is -0.111. The van der Waals surface area contributed by atoms with Crippen LogP contribution in [0.2, 0.25) is 0 Å². The number of hydrogen-bond acceptors (Lipinski definition) is 3. The van der Waals surface area contributed by atoms with E-state index in [1.165, 1.54) is 0 Å². The van der Waals surface area contributed by atoms with Gasteiger partial charge in [-0.1, -0.05) is 15.9 Å². The number of epoxide rings is 1. The summed E-state index contributed by atoms with van der Waals surface area (Å²) in [7, 11) is 0. The monoisotopic (exact) mass is 218 g/mol. The molecule has 0 N–H and O–H groups in total. The van der Waals surface area contributed by atoms with Crippen molar-refractivity contribution in [2.45, 2.75) is 29.6 Å². The Morgan fingerprint density at radius 1 is 1.45 bits per heavy atom. The van der Waals surface area contributed by atoms with Gasteiger partial charge in [0, 0.05) is 6.42 Å². The first-order chi connectivity index (χ1) is 5.27. The summed E-state index contributed by atoms with van der Waals surface area (Å²) in [6, 6.07) is 0. The van der Waals surface area contributed by atoms with Gasteiger partial charge >= 0.3 is 5.97 Å². The highest BCUT2D eigenvalue weighted by Crippen LogP contribution is 2.49. The Kier molecular flexibility index (Phi) is 1.05. The van der Waals surface area contributed by atoms with Crippen LogP contribution in [0.4, 0.5) is 0 Å². The molecule has 0 aromatic heterocycles. The molecule has 5 atom stereocenters. The van der Waals surface area contributed by atoms with E-state index in [0.717, 1.165) is 6.42 Å². The molecule has 11 heavy (non-hydrogen) atoms. The van der Waals surface area contributed by atoms with Crippen molar-refractivity contribution in [1.29, 1.82) is 0 Å². The fourth-order valence-electron chi connectivity index (χ4n) is 2.04. The van der Waals surface area contributed by atoms with Gasteiger partial charge in [0.25, 0.3) is 0 Å². The lowest BCUT2D eigenvalue weighted by molar-refractivity contribution is -0.144. The second-order valence-electron chi connectivity index (χ2n) is 3.32. The number of carbonyl (C=O) groups excluding carboxylic acids is 1. The van der Waals surface area contributed by atoms with Crippen LogP contribution in [-0.2, 0) is 14.3 Å². The lowest BCUT2D eigenvalue weighted by atomic mass is 9.90. The molecule has 60 valence electrons. The molecule has 2 saturated heterocycles. The van der Waals surface area contributed by atoms with Crippen LogP contribution >= 0.6 is 15.9 Å². The summed E-state index contributed by atoms with van der Waals surface area (Å²) < 4.78 is 10.5. The maximum atomic E-state index is 11.2.